The Morgan fingerprint density at radius 3 is 2.23 bits per heavy atom. The predicted octanol–water partition coefficient (Wildman–Crippen LogP) is 4.40. The third-order valence-electron chi connectivity index (χ3n) is 6.16. The first kappa shape index (κ1) is 20.7. The summed E-state index contributed by atoms with van der Waals surface area (Å²) < 4.78 is 10.9. The lowest BCUT2D eigenvalue weighted by atomic mass is 9.62. The zero-order valence-corrected chi connectivity index (χ0v) is 16.3. The molecule has 26 heavy (non-hydrogen) atoms. The van der Waals surface area contributed by atoms with Crippen LogP contribution in [-0.2, 0) is 19.1 Å². The Kier molecular flexibility index (Phi) is 7.93. The highest BCUT2D eigenvalue weighted by Crippen LogP contribution is 2.51. The molecule has 0 spiro atoms. The third kappa shape index (κ3) is 4.22. The number of carbonyl (C=O) groups excluding carboxylic acids is 2. The molecule has 2 atom stereocenters. The number of unbranched alkanes of at least 4 members (excludes halogenated alkanes) is 1. The van der Waals surface area contributed by atoms with Crippen LogP contribution in [-0.4, -0.2) is 25.2 Å². The lowest BCUT2D eigenvalue weighted by Gasteiger charge is -2.39. The van der Waals surface area contributed by atoms with Crippen molar-refractivity contribution >= 4 is 11.9 Å². The van der Waals surface area contributed by atoms with Crippen LogP contribution >= 0.6 is 0 Å². The fraction of sp³-hybridized carbons (Fsp3) is 0.857. The van der Waals surface area contributed by atoms with Crippen LogP contribution in [0.3, 0.4) is 0 Å². The molecule has 0 N–H and O–H groups in total. The zero-order valence-electron chi connectivity index (χ0n) is 16.3. The Bertz CT molecular complexity index is 515. The third-order valence-corrected chi connectivity index (χ3v) is 6.16. The molecule has 2 aliphatic rings. The van der Waals surface area contributed by atoms with E-state index in [9.17, 15) is 14.9 Å². The highest BCUT2D eigenvalue weighted by molar-refractivity contribution is 5.88. The molecule has 2 saturated carbocycles. The number of ether oxygens (including phenoxy) is 2. The molecule has 0 heterocycles. The van der Waals surface area contributed by atoms with Gasteiger partial charge in [0.25, 0.3) is 0 Å². The molecule has 0 aromatic carbocycles. The second-order valence-electron chi connectivity index (χ2n) is 7.73. The maximum atomic E-state index is 13.2. The Morgan fingerprint density at radius 2 is 1.69 bits per heavy atom. The van der Waals surface area contributed by atoms with Gasteiger partial charge >= 0.3 is 11.9 Å². The summed E-state index contributed by atoms with van der Waals surface area (Å²) in [4.78, 5) is 26.2. The van der Waals surface area contributed by atoms with Gasteiger partial charge in [-0.15, -0.1) is 0 Å². The zero-order chi connectivity index (χ0) is 19.0. The van der Waals surface area contributed by atoms with Crippen LogP contribution in [0.2, 0.25) is 0 Å². The maximum absolute atomic E-state index is 13.2. The van der Waals surface area contributed by atoms with Gasteiger partial charge in [0.15, 0.2) is 5.41 Å². The molecule has 0 amide bonds. The number of esters is 2. The molecule has 0 aromatic rings. The topological polar surface area (TPSA) is 76.4 Å². The summed E-state index contributed by atoms with van der Waals surface area (Å²) >= 11 is 0. The van der Waals surface area contributed by atoms with Gasteiger partial charge in [-0.25, -0.2) is 0 Å². The van der Waals surface area contributed by atoms with E-state index in [2.05, 4.69) is 6.07 Å². The largest absolute Gasteiger partial charge is 0.466 e. The summed E-state index contributed by atoms with van der Waals surface area (Å²) in [6.07, 6.45) is 9.12. The van der Waals surface area contributed by atoms with Crippen molar-refractivity contribution < 1.29 is 19.1 Å². The molecule has 5 heteroatoms. The van der Waals surface area contributed by atoms with Gasteiger partial charge in [-0.2, -0.15) is 5.26 Å². The normalized spacial score (nSPS) is 21.7. The second kappa shape index (κ2) is 9.94. The van der Waals surface area contributed by atoms with E-state index in [1.807, 2.05) is 6.92 Å². The van der Waals surface area contributed by atoms with Crippen LogP contribution in [0.15, 0.2) is 0 Å². The van der Waals surface area contributed by atoms with Crippen molar-refractivity contribution in [3.05, 3.63) is 0 Å². The monoisotopic (exact) mass is 363 g/mol. The minimum atomic E-state index is -1.40. The van der Waals surface area contributed by atoms with Gasteiger partial charge in [0.05, 0.1) is 25.2 Å². The molecular weight excluding hydrogens is 330 g/mol. The average molecular weight is 363 g/mol. The van der Waals surface area contributed by atoms with Crippen molar-refractivity contribution in [3.63, 3.8) is 0 Å². The quantitative estimate of drug-likeness (QED) is 0.448. The molecular formula is C21H33NO4. The molecule has 2 unspecified atom stereocenters. The van der Waals surface area contributed by atoms with Crippen molar-refractivity contribution in [2.75, 3.05) is 13.2 Å². The number of carbonyl (C=O) groups is 2. The van der Waals surface area contributed by atoms with Crippen LogP contribution < -0.4 is 0 Å². The molecule has 0 bridgehead atoms. The fourth-order valence-electron chi connectivity index (χ4n) is 4.84. The van der Waals surface area contributed by atoms with Gasteiger partial charge in [0.2, 0.25) is 0 Å². The summed E-state index contributed by atoms with van der Waals surface area (Å²) in [7, 11) is 0. The fourth-order valence-corrected chi connectivity index (χ4v) is 4.84. The lowest BCUT2D eigenvalue weighted by Crippen LogP contribution is -2.50. The van der Waals surface area contributed by atoms with E-state index in [0.717, 1.165) is 64.2 Å². The highest BCUT2D eigenvalue weighted by Gasteiger charge is 2.59. The van der Waals surface area contributed by atoms with Gasteiger partial charge < -0.3 is 9.47 Å². The summed E-state index contributed by atoms with van der Waals surface area (Å²) in [6, 6.07) is 2.33. The summed E-state index contributed by atoms with van der Waals surface area (Å²) in [5.74, 6) is -1.66. The van der Waals surface area contributed by atoms with E-state index >= 15 is 0 Å². The minimum Gasteiger partial charge on any atom is -0.466 e. The second-order valence-corrected chi connectivity index (χ2v) is 7.73. The Hall–Kier alpha value is -1.57. The predicted molar refractivity (Wildman–Crippen MR) is 98.0 cm³/mol. The van der Waals surface area contributed by atoms with E-state index in [-0.39, 0.29) is 24.4 Å². The number of nitriles is 1. The number of nitrogens with zero attached hydrogens (tertiary/aromatic N) is 1. The molecule has 0 saturated heterocycles. The van der Waals surface area contributed by atoms with Crippen molar-refractivity contribution in [1.82, 2.24) is 0 Å². The van der Waals surface area contributed by atoms with Gasteiger partial charge in [-0.3, -0.25) is 9.59 Å². The molecule has 0 radical (unpaired) electrons. The van der Waals surface area contributed by atoms with Crippen LogP contribution in [0.1, 0.15) is 78.1 Å². The Balaban J connectivity index is 2.41. The van der Waals surface area contributed by atoms with E-state index in [0.29, 0.717) is 6.61 Å². The van der Waals surface area contributed by atoms with Crippen LogP contribution in [0.25, 0.3) is 0 Å². The van der Waals surface area contributed by atoms with Crippen molar-refractivity contribution in [1.29, 1.82) is 5.26 Å². The molecule has 146 valence electrons. The number of hydrogen-bond donors (Lipinski definition) is 0. The smallest absolute Gasteiger partial charge is 0.327 e. The van der Waals surface area contributed by atoms with Gasteiger partial charge in [0.1, 0.15) is 0 Å². The molecule has 2 rings (SSSR count). The van der Waals surface area contributed by atoms with E-state index < -0.39 is 17.3 Å². The van der Waals surface area contributed by atoms with Crippen molar-refractivity contribution in [3.8, 4) is 6.07 Å². The maximum Gasteiger partial charge on any atom is 0.327 e. The molecule has 0 aliphatic heterocycles. The van der Waals surface area contributed by atoms with Crippen LogP contribution in [0.4, 0.5) is 0 Å². The lowest BCUT2D eigenvalue weighted by molar-refractivity contribution is -0.172. The Morgan fingerprint density at radius 1 is 1.08 bits per heavy atom. The first-order chi connectivity index (χ1) is 12.6. The summed E-state index contributed by atoms with van der Waals surface area (Å²) in [5, 5.41) is 10.3. The van der Waals surface area contributed by atoms with E-state index in [1.54, 1.807) is 6.92 Å². The standard InChI is InChI=1S/C21H33NO4/c1-3-5-14-26-20(24)21(15-22,17-12-8-9-13-17)18(19(23)25-4-2)16-10-6-7-11-16/h16-18H,3-14H2,1-2H3. The van der Waals surface area contributed by atoms with Crippen molar-refractivity contribution in [2.24, 2.45) is 23.2 Å². The molecule has 5 nitrogen and oxygen atoms in total. The van der Waals surface area contributed by atoms with Crippen molar-refractivity contribution in [2.45, 2.75) is 78.1 Å². The van der Waals surface area contributed by atoms with Gasteiger partial charge in [-0.05, 0) is 50.9 Å². The average Bonchev–Trinajstić information content (AvgIpc) is 3.33. The minimum absolute atomic E-state index is 0.0352. The highest BCUT2D eigenvalue weighted by atomic mass is 16.5. The molecule has 2 fully saturated rings. The molecule has 2 aliphatic carbocycles. The van der Waals surface area contributed by atoms with Crippen LogP contribution in [0, 0.1) is 34.5 Å². The van der Waals surface area contributed by atoms with Gasteiger partial charge in [-0.1, -0.05) is 39.0 Å². The summed E-state index contributed by atoms with van der Waals surface area (Å²) in [5.41, 5.74) is -1.40. The van der Waals surface area contributed by atoms with Crippen LogP contribution in [0.5, 0.6) is 0 Å². The van der Waals surface area contributed by atoms with E-state index in [1.165, 1.54) is 0 Å². The SMILES string of the molecule is CCCCOC(=O)C(C#N)(C1CCCC1)C(C(=O)OCC)C1CCCC1. The number of hydrogen-bond acceptors (Lipinski definition) is 5. The Labute approximate surface area is 157 Å². The summed E-state index contributed by atoms with van der Waals surface area (Å²) in [6.45, 7) is 4.37. The molecule has 0 aromatic heterocycles. The van der Waals surface area contributed by atoms with Gasteiger partial charge in [0, 0.05) is 0 Å². The first-order valence-electron chi connectivity index (χ1n) is 10.4. The number of rotatable bonds is 9. The van der Waals surface area contributed by atoms with E-state index in [4.69, 9.17) is 9.47 Å². The first-order valence-corrected chi connectivity index (χ1v) is 10.4.